The standard InChI is InChI=1S/C44H71O9P/c1-3-5-7-8-9-10-11-12-13-14-17-20-23-26-29-33-37-43(46)51-39-42(40-52-54(48,49)50)53-44(47)38-34-30-27-24-21-18-15-16-19-22-25-28-32-36-41(45)35-31-6-4-2/h6,9-10,12-13,16,18-19,21,25,27-28,30-32,36,41-42,45H,3-5,7-8,11,14-15,17,20,22-24,26,29,33-35,37-40H2,1-2H3,(H2,48,49,50)/b10-9-,13-12-,19-16-,21-18-,28-25+,30-27-,31-6-,36-32+/t41?,42-/m1/s1. The molecule has 0 rings (SSSR count). The third-order valence-corrected chi connectivity index (χ3v) is 8.42. The van der Waals surface area contributed by atoms with Crippen LogP contribution in [-0.2, 0) is 28.2 Å². The molecule has 0 aromatic rings. The molecule has 0 bridgehead atoms. The van der Waals surface area contributed by atoms with Crippen molar-refractivity contribution in [1.82, 2.24) is 0 Å². The lowest BCUT2D eigenvalue weighted by Crippen LogP contribution is -2.29. The fourth-order valence-corrected chi connectivity index (χ4v) is 5.28. The zero-order valence-electron chi connectivity index (χ0n) is 33.2. The monoisotopic (exact) mass is 774 g/mol. The molecule has 3 N–H and O–H groups in total. The Hall–Kier alpha value is -3.07. The molecule has 1 unspecified atom stereocenters. The van der Waals surface area contributed by atoms with Gasteiger partial charge in [0.05, 0.1) is 12.7 Å². The van der Waals surface area contributed by atoms with Gasteiger partial charge in [-0.1, -0.05) is 150 Å². The molecule has 54 heavy (non-hydrogen) atoms. The molecule has 0 aliphatic rings. The van der Waals surface area contributed by atoms with E-state index in [0.29, 0.717) is 25.7 Å². The molecule has 0 aliphatic carbocycles. The van der Waals surface area contributed by atoms with Crippen molar-refractivity contribution in [1.29, 1.82) is 0 Å². The smallest absolute Gasteiger partial charge is 0.462 e. The van der Waals surface area contributed by atoms with Crippen molar-refractivity contribution in [2.24, 2.45) is 0 Å². The Morgan fingerprint density at radius 1 is 0.593 bits per heavy atom. The Balaban J connectivity index is 4.16. The van der Waals surface area contributed by atoms with Crippen LogP contribution >= 0.6 is 7.82 Å². The number of aliphatic hydroxyl groups excluding tert-OH is 1. The van der Waals surface area contributed by atoms with Crippen LogP contribution in [0.1, 0.15) is 142 Å². The van der Waals surface area contributed by atoms with E-state index in [1.165, 1.54) is 25.7 Å². The first-order chi connectivity index (χ1) is 26.2. The van der Waals surface area contributed by atoms with Crippen molar-refractivity contribution in [2.45, 2.75) is 154 Å². The number of phosphoric acid groups is 1. The zero-order chi connectivity index (χ0) is 39.8. The maximum atomic E-state index is 12.4. The number of carbonyl (C=O) groups is 2. The largest absolute Gasteiger partial charge is 0.469 e. The number of aliphatic hydroxyl groups is 1. The van der Waals surface area contributed by atoms with Gasteiger partial charge in [0.25, 0.3) is 0 Å². The fourth-order valence-electron chi connectivity index (χ4n) is 4.92. The van der Waals surface area contributed by atoms with E-state index >= 15 is 0 Å². The summed E-state index contributed by atoms with van der Waals surface area (Å²) in [5.41, 5.74) is 0. The van der Waals surface area contributed by atoms with E-state index in [1.54, 1.807) is 6.08 Å². The highest BCUT2D eigenvalue weighted by Crippen LogP contribution is 2.35. The molecular weight excluding hydrogens is 703 g/mol. The van der Waals surface area contributed by atoms with Crippen LogP contribution in [0.25, 0.3) is 0 Å². The molecule has 10 heteroatoms. The SMILES string of the molecule is CC/C=C\CC(O)/C=C/C=C/C/C=C\C/C=C\C/C=C\CCC(=O)O[C@H](COC(=O)CCCCCCCC/C=C\C/C=C\CCCCC)COP(=O)(O)O. The topological polar surface area (TPSA) is 140 Å². The lowest BCUT2D eigenvalue weighted by atomic mass is 10.1. The van der Waals surface area contributed by atoms with Gasteiger partial charge < -0.3 is 24.4 Å². The third kappa shape index (κ3) is 40.1. The van der Waals surface area contributed by atoms with Gasteiger partial charge in [0, 0.05) is 12.8 Å². The van der Waals surface area contributed by atoms with Crippen LogP contribution in [-0.4, -0.2) is 52.3 Å². The highest BCUT2D eigenvalue weighted by Gasteiger charge is 2.22. The number of esters is 2. The second-order valence-corrected chi connectivity index (χ2v) is 14.3. The van der Waals surface area contributed by atoms with Crippen LogP contribution in [0.2, 0.25) is 0 Å². The average Bonchev–Trinajstić information content (AvgIpc) is 3.13. The maximum absolute atomic E-state index is 12.4. The first-order valence-corrected chi connectivity index (χ1v) is 21.7. The summed E-state index contributed by atoms with van der Waals surface area (Å²) in [7, 11) is -4.79. The Labute approximate surface area is 327 Å². The van der Waals surface area contributed by atoms with Gasteiger partial charge in [-0.3, -0.25) is 14.1 Å². The Morgan fingerprint density at radius 3 is 1.76 bits per heavy atom. The Kier molecular flexibility index (Phi) is 36.0. The summed E-state index contributed by atoms with van der Waals surface area (Å²) in [5, 5.41) is 9.81. The van der Waals surface area contributed by atoms with Crippen molar-refractivity contribution in [3.8, 4) is 0 Å². The summed E-state index contributed by atoms with van der Waals surface area (Å²) < 4.78 is 26.2. The molecule has 0 aliphatic heterocycles. The minimum atomic E-state index is -4.79. The van der Waals surface area contributed by atoms with Gasteiger partial charge in [-0.2, -0.15) is 0 Å². The van der Waals surface area contributed by atoms with Crippen LogP contribution < -0.4 is 0 Å². The third-order valence-electron chi connectivity index (χ3n) is 7.93. The number of ether oxygens (including phenoxy) is 2. The first kappa shape index (κ1) is 50.9. The number of hydrogen-bond donors (Lipinski definition) is 3. The first-order valence-electron chi connectivity index (χ1n) is 20.1. The van der Waals surface area contributed by atoms with Gasteiger partial charge >= 0.3 is 19.8 Å². The van der Waals surface area contributed by atoms with Gasteiger partial charge in [-0.05, 0) is 77.0 Å². The minimum absolute atomic E-state index is 0.0632. The fraction of sp³-hybridized carbons (Fsp3) is 0.591. The average molecular weight is 775 g/mol. The van der Waals surface area contributed by atoms with Gasteiger partial charge in [-0.15, -0.1) is 0 Å². The van der Waals surface area contributed by atoms with Gasteiger partial charge in [0.2, 0.25) is 0 Å². The number of allylic oxidation sites excluding steroid dienone is 14. The van der Waals surface area contributed by atoms with Crippen molar-refractivity contribution >= 4 is 19.8 Å². The van der Waals surface area contributed by atoms with E-state index in [2.05, 4.69) is 60.9 Å². The predicted octanol–water partition coefficient (Wildman–Crippen LogP) is 11.2. The number of hydrogen-bond acceptors (Lipinski definition) is 7. The number of phosphoric ester groups is 1. The number of unbranched alkanes of at least 4 members (excludes halogenated alkanes) is 9. The van der Waals surface area contributed by atoms with Crippen LogP contribution in [0.5, 0.6) is 0 Å². The summed E-state index contributed by atoms with van der Waals surface area (Å²) in [6.45, 7) is 3.36. The molecule has 0 radical (unpaired) electrons. The lowest BCUT2D eigenvalue weighted by molar-refractivity contribution is -0.161. The predicted molar refractivity (Wildman–Crippen MR) is 222 cm³/mol. The summed E-state index contributed by atoms with van der Waals surface area (Å²) in [5.74, 6) is -1.03. The second-order valence-electron chi connectivity index (χ2n) is 13.1. The van der Waals surface area contributed by atoms with Gasteiger partial charge in [0.15, 0.2) is 6.10 Å². The molecule has 0 fully saturated rings. The quantitative estimate of drug-likeness (QED) is 0.0189. The van der Waals surface area contributed by atoms with E-state index in [9.17, 15) is 19.3 Å². The molecule has 0 aromatic heterocycles. The summed E-state index contributed by atoms with van der Waals surface area (Å²) in [6.07, 6.45) is 48.9. The zero-order valence-corrected chi connectivity index (χ0v) is 34.1. The van der Waals surface area contributed by atoms with Gasteiger partial charge in [-0.25, -0.2) is 4.57 Å². The van der Waals surface area contributed by atoms with Crippen molar-refractivity contribution in [3.63, 3.8) is 0 Å². The minimum Gasteiger partial charge on any atom is -0.462 e. The molecule has 0 amide bonds. The van der Waals surface area contributed by atoms with Crippen molar-refractivity contribution < 1.29 is 43.0 Å². The van der Waals surface area contributed by atoms with Crippen LogP contribution in [0.15, 0.2) is 97.2 Å². The van der Waals surface area contributed by atoms with Crippen LogP contribution in [0.4, 0.5) is 0 Å². The summed E-state index contributed by atoms with van der Waals surface area (Å²) >= 11 is 0. The molecule has 0 saturated heterocycles. The molecule has 306 valence electrons. The van der Waals surface area contributed by atoms with Gasteiger partial charge in [0.1, 0.15) is 6.61 Å². The molecular formula is C44H71O9P. The van der Waals surface area contributed by atoms with E-state index in [1.807, 2.05) is 48.6 Å². The normalized spacial score (nSPS) is 14.1. The van der Waals surface area contributed by atoms with E-state index in [0.717, 1.165) is 64.2 Å². The molecule has 9 nitrogen and oxygen atoms in total. The second kappa shape index (κ2) is 38.2. The van der Waals surface area contributed by atoms with Crippen LogP contribution in [0, 0.1) is 0 Å². The molecule has 0 saturated carbocycles. The molecule has 0 heterocycles. The number of carbonyl (C=O) groups excluding carboxylic acids is 2. The van der Waals surface area contributed by atoms with E-state index in [4.69, 9.17) is 19.3 Å². The molecule has 0 spiro atoms. The summed E-state index contributed by atoms with van der Waals surface area (Å²) in [6, 6.07) is 0. The highest BCUT2D eigenvalue weighted by molar-refractivity contribution is 7.46. The van der Waals surface area contributed by atoms with Crippen LogP contribution in [0.3, 0.4) is 0 Å². The Bertz CT molecular complexity index is 1210. The number of rotatable bonds is 35. The summed E-state index contributed by atoms with van der Waals surface area (Å²) in [4.78, 5) is 42.8. The van der Waals surface area contributed by atoms with Crippen molar-refractivity contribution in [3.05, 3.63) is 97.2 Å². The Morgan fingerprint density at radius 2 is 1.15 bits per heavy atom. The van der Waals surface area contributed by atoms with E-state index < -0.39 is 38.6 Å². The lowest BCUT2D eigenvalue weighted by Gasteiger charge is -2.18. The molecule has 2 atom stereocenters. The van der Waals surface area contributed by atoms with E-state index in [-0.39, 0.29) is 19.4 Å². The maximum Gasteiger partial charge on any atom is 0.469 e. The molecule has 0 aromatic carbocycles. The van der Waals surface area contributed by atoms with Crippen molar-refractivity contribution in [2.75, 3.05) is 13.2 Å². The highest BCUT2D eigenvalue weighted by atomic mass is 31.2.